The van der Waals surface area contributed by atoms with E-state index in [0.717, 1.165) is 55.5 Å². The first-order valence-corrected chi connectivity index (χ1v) is 9.82. The van der Waals surface area contributed by atoms with Crippen molar-refractivity contribution in [3.05, 3.63) is 71.9 Å². The number of hydrogen-bond donors (Lipinski definition) is 1. The highest BCUT2D eigenvalue weighted by Gasteiger charge is 2.23. The van der Waals surface area contributed by atoms with Gasteiger partial charge in [0, 0.05) is 37.1 Å². The van der Waals surface area contributed by atoms with E-state index >= 15 is 0 Å². The van der Waals surface area contributed by atoms with Crippen molar-refractivity contribution in [3.8, 4) is 0 Å². The van der Waals surface area contributed by atoms with Gasteiger partial charge in [-0.25, -0.2) is 0 Å². The lowest BCUT2D eigenvalue weighted by Crippen LogP contribution is -2.48. The van der Waals surface area contributed by atoms with Crippen LogP contribution in [0.1, 0.15) is 28.9 Å². The van der Waals surface area contributed by atoms with Crippen molar-refractivity contribution < 1.29 is 4.79 Å². The van der Waals surface area contributed by atoms with E-state index in [0.29, 0.717) is 0 Å². The zero-order valence-corrected chi connectivity index (χ0v) is 15.9. The van der Waals surface area contributed by atoms with Gasteiger partial charge in [0.1, 0.15) is 5.69 Å². The van der Waals surface area contributed by atoms with Crippen LogP contribution in [-0.2, 0) is 13.5 Å². The Labute approximate surface area is 160 Å². The fourth-order valence-corrected chi connectivity index (χ4v) is 4.07. The van der Waals surface area contributed by atoms with Crippen molar-refractivity contribution in [2.75, 3.05) is 19.6 Å². The Balaban J connectivity index is 1.37. The highest BCUT2D eigenvalue weighted by molar-refractivity contribution is 5.98. The molecule has 1 fully saturated rings. The Hall–Kier alpha value is -2.59. The van der Waals surface area contributed by atoms with E-state index in [-0.39, 0.29) is 11.9 Å². The predicted octanol–water partition coefficient (Wildman–Crippen LogP) is 3.62. The summed E-state index contributed by atoms with van der Waals surface area (Å²) in [6.07, 6.45) is 3.25. The molecule has 1 atom stereocenters. The average molecular weight is 361 g/mol. The van der Waals surface area contributed by atoms with Gasteiger partial charge in [-0.05, 0) is 43.5 Å². The van der Waals surface area contributed by atoms with Crippen molar-refractivity contribution >= 4 is 16.8 Å². The Morgan fingerprint density at radius 1 is 1.11 bits per heavy atom. The first kappa shape index (κ1) is 17.8. The maximum absolute atomic E-state index is 12.8. The third-order valence-electron chi connectivity index (χ3n) is 5.58. The molecule has 2 heterocycles. The number of nitrogens with one attached hydrogen (secondary N) is 1. The molecule has 0 bridgehead atoms. The van der Waals surface area contributed by atoms with E-state index < -0.39 is 0 Å². The molecule has 1 aromatic heterocycles. The van der Waals surface area contributed by atoms with E-state index in [1.807, 2.05) is 29.8 Å². The minimum Gasteiger partial charge on any atom is -0.347 e. The molecule has 1 amide bonds. The molecular formula is C23H27N3O. The lowest BCUT2D eigenvalue weighted by molar-refractivity contribution is 0.0896. The van der Waals surface area contributed by atoms with Crippen LogP contribution in [-0.4, -0.2) is 41.1 Å². The van der Waals surface area contributed by atoms with E-state index in [9.17, 15) is 4.79 Å². The molecule has 4 heteroatoms. The van der Waals surface area contributed by atoms with Gasteiger partial charge in [0.05, 0.1) is 0 Å². The Morgan fingerprint density at radius 3 is 2.70 bits per heavy atom. The van der Waals surface area contributed by atoms with Gasteiger partial charge in [0.25, 0.3) is 5.91 Å². The largest absolute Gasteiger partial charge is 0.347 e. The fraction of sp³-hybridized carbons (Fsp3) is 0.348. The van der Waals surface area contributed by atoms with E-state index in [4.69, 9.17) is 0 Å². The molecule has 1 aliphatic rings. The summed E-state index contributed by atoms with van der Waals surface area (Å²) in [4.78, 5) is 15.3. The summed E-state index contributed by atoms with van der Waals surface area (Å²) in [5, 5.41) is 4.37. The van der Waals surface area contributed by atoms with Crippen molar-refractivity contribution in [3.63, 3.8) is 0 Å². The molecule has 0 saturated carbocycles. The maximum Gasteiger partial charge on any atom is 0.268 e. The number of hydrogen-bond acceptors (Lipinski definition) is 2. The number of fused-ring (bicyclic) bond motifs is 1. The van der Waals surface area contributed by atoms with Crippen LogP contribution in [0.3, 0.4) is 0 Å². The van der Waals surface area contributed by atoms with E-state index in [1.165, 1.54) is 5.56 Å². The third kappa shape index (κ3) is 4.06. The number of likely N-dealkylation sites (tertiary alicyclic amines) is 1. The number of aryl methyl sites for hydroxylation is 1. The minimum absolute atomic E-state index is 0.0311. The van der Waals surface area contributed by atoms with Gasteiger partial charge in [-0.2, -0.15) is 0 Å². The molecule has 140 valence electrons. The normalized spacial score (nSPS) is 17.9. The molecule has 27 heavy (non-hydrogen) atoms. The van der Waals surface area contributed by atoms with Gasteiger partial charge in [-0.15, -0.1) is 0 Å². The summed E-state index contributed by atoms with van der Waals surface area (Å²) < 4.78 is 1.99. The number of carbonyl (C=O) groups is 1. The van der Waals surface area contributed by atoms with Crippen LogP contribution in [0.2, 0.25) is 0 Å². The molecule has 0 radical (unpaired) electrons. The number of piperidine rings is 1. The van der Waals surface area contributed by atoms with Crippen LogP contribution in [0.5, 0.6) is 0 Å². The molecule has 1 aliphatic heterocycles. The minimum atomic E-state index is 0.0311. The number of para-hydroxylation sites is 1. The molecule has 2 aromatic carbocycles. The summed E-state index contributed by atoms with van der Waals surface area (Å²) >= 11 is 0. The average Bonchev–Trinajstić information content (AvgIpc) is 3.05. The van der Waals surface area contributed by atoms with Gasteiger partial charge in [-0.3, -0.25) is 4.79 Å². The highest BCUT2D eigenvalue weighted by atomic mass is 16.2. The highest BCUT2D eigenvalue weighted by Crippen LogP contribution is 2.19. The van der Waals surface area contributed by atoms with Crippen LogP contribution in [0.15, 0.2) is 60.7 Å². The zero-order chi connectivity index (χ0) is 18.6. The molecule has 1 N–H and O–H groups in total. The first-order valence-electron chi connectivity index (χ1n) is 9.82. The Bertz CT molecular complexity index is 916. The molecule has 0 spiro atoms. The van der Waals surface area contributed by atoms with Crippen molar-refractivity contribution in [2.24, 2.45) is 7.05 Å². The van der Waals surface area contributed by atoms with Crippen molar-refractivity contribution in [1.29, 1.82) is 0 Å². The van der Waals surface area contributed by atoms with E-state index in [2.05, 4.69) is 52.7 Å². The quantitative estimate of drug-likeness (QED) is 0.754. The monoisotopic (exact) mass is 361 g/mol. The van der Waals surface area contributed by atoms with Gasteiger partial charge < -0.3 is 14.8 Å². The van der Waals surface area contributed by atoms with Crippen LogP contribution >= 0.6 is 0 Å². The lowest BCUT2D eigenvalue weighted by atomic mass is 10.0. The summed E-state index contributed by atoms with van der Waals surface area (Å²) in [7, 11) is 1.96. The van der Waals surface area contributed by atoms with Crippen LogP contribution in [0.4, 0.5) is 0 Å². The van der Waals surface area contributed by atoms with Gasteiger partial charge in [0.15, 0.2) is 0 Å². The van der Waals surface area contributed by atoms with Gasteiger partial charge in [0.2, 0.25) is 0 Å². The fourth-order valence-electron chi connectivity index (χ4n) is 4.07. The molecule has 4 rings (SSSR count). The summed E-state index contributed by atoms with van der Waals surface area (Å²) in [5.74, 6) is 0.0311. The second-order valence-corrected chi connectivity index (χ2v) is 7.50. The lowest BCUT2D eigenvalue weighted by Gasteiger charge is -2.33. The Morgan fingerprint density at radius 2 is 1.89 bits per heavy atom. The summed E-state index contributed by atoms with van der Waals surface area (Å²) in [5.41, 5.74) is 3.20. The molecular weight excluding hydrogens is 334 g/mol. The third-order valence-corrected chi connectivity index (χ3v) is 5.58. The number of rotatable bonds is 5. The second-order valence-electron chi connectivity index (χ2n) is 7.50. The van der Waals surface area contributed by atoms with Crippen molar-refractivity contribution in [2.45, 2.75) is 25.3 Å². The molecule has 0 aliphatic carbocycles. The van der Waals surface area contributed by atoms with E-state index in [1.54, 1.807) is 0 Å². The van der Waals surface area contributed by atoms with Crippen LogP contribution in [0, 0.1) is 0 Å². The molecule has 3 aromatic rings. The zero-order valence-electron chi connectivity index (χ0n) is 15.9. The summed E-state index contributed by atoms with van der Waals surface area (Å²) in [6, 6.07) is 21.0. The maximum atomic E-state index is 12.8. The topological polar surface area (TPSA) is 37.3 Å². The first-order chi connectivity index (χ1) is 13.2. The number of nitrogens with zero attached hydrogens (tertiary/aromatic N) is 2. The molecule has 4 nitrogen and oxygen atoms in total. The molecule has 1 unspecified atom stereocenters. The van der Waals surface area contributed by atoms with Crippen LogP contribution in [0.25, 0.3) is 10.9 Å². The predicted molar refractivity (Wildman–Crippen MR) is 110 cm³/mol. The molecule has 1 saturated heterocycles. The summed E-state index contributed by atoms with van der Waals surface area (Å²) in [6.45, 7) is 3.10. The van der Waals surface area contributed by atoms with Gasteiger partial charge >= 0.3 is 0 Å². The number of amides is 1. The SMILES string of the molecule is Cn1c(C(=O)NC2CCCN(CCc3ccccc3)C2)cc2ccccc21. The number of benzene rings is 2. The van der Waals surface area contributed by atoms with Gasteiger partial charge in [-0.1, -0.05) is 48.5 Å². The van der Waals surface area contributed by atoms with Crippen LogP contribution < -0.4 is 5.32 Å². The Kier molecular flexibility index (Phi) is 5.26. The number of carbonyl (C=O) groups excluding carboxylic acids is 1. The second kappa shape index (κ2) is 7.97. The van der Waals surface area contributed by atoms with Crippen molar-refractivity contribution in [1.82, 2.24) is 14.8 Å². The standard InChI is InChI=1S/C23H27N3O/c1-25-21-12-6-5-10-19(21)16-22(25)23(27)24-20-11-7-14-26(17-20)15-13-18-8-3-2-4-9-18/h2-6,8-10,12,16,20H,7,11,13-15,17H2,1H3,(H,24,27). The number of aromatic nitrogens is 1. The smallest absolute Gasteiger partial charge is 0.268 e.